The summed E-state index contributed by atoms with van der Waals surface area (Å²) in [5, 5.41) is 0. The van der Waals surface area contributed by atoms with Crippen molar-refractivity contribution in [3.8, 4) is 0 Å². The fourth-order valence-electron chi connectivity index (χ4n) is 1.36. The van der Waals surface area contributed by atoms with Crippen LogP contribution in [-0.2, 0) is 0 Å². The van der Waals surface area contributed by atoms with Gasteiger partial charge in [-0.2, -0.15) is 0 Å². The van der Waals surface area contributed by atoms with Crippen LogP contribution in [0.5, 0.6) is 0 Å². The van der Waals surface area contributed by atoms with E-state index in [-0.39, 0.29) is 4.58 Å². The molecule has 18 heavy (non-hydrogen) atoms. The van der Waals surface area contributed by atoms with Crippen molar-refractivity contribution in [1.29, 1.82) is 0 Å². The van der Waals surface area contributed by atoms with Crippen LogP contribution in [0.15, 0.2) is 35.2 Å². The van der Waals surface area contributed by atoms with Gasteiger partial charge < -0.3 is 0 Å². The number of halogens is 3. The first-order chi connectivity index (χ1) is 8.54. The van der Waals surface area contributed by atoms with Crippen molar-refractivity contribution in [1.82, 2.24) is 0 Å². The molecule has 0 bridgehead atoms. The van der Waals surface area contributed by atoms with Crippen molar-refractivity contribution < 1.29 is 0 Å². The van der Waals surface area contributed by atoms with E-state index in [2.05, 4.69) is 6.92 Å². The number of hydrogen-bond acceptors (Lipinski definition) is 2. The lowest BCUT2D eigenvalue weighted by Gasteiger charge is -2.23. The Bertz CT molecular complexity index is 325. The fourth-order valence-corrected chi connectivity index (χ4v) is 4.69. The zero-order valence-corrected chi connectivity index (χ0v) is 14.1. The molecule has 5 heteroatoms. The zero-order valence-electron chi connectivity index (χ0n) is 10.2. The third-order valence-electron chi connectivity index (χ3n) is 2.27. The van der Waals surface area contributed by atoms with Crippen LogP contribution in [0.4, 0.5) is 0 Å². The molecular formula is C13H17Cl3S2. The predicted octanol–water partition coefficient (Wildman–Crippen LogP) is 6.40. The van der Waals surface area contributed by atoms with Crippen molar-refractivity contribution in [3.63, 3.8) is 0 Å². The maximum absolute atomic E-state index is 6.05. The molecular weight excluding hydrogens is 327 g/mol. The average molecular weight is 344 g/mol. The van der Waals surface area contributed by atoms with E-state index in [1.165, 1.54) is 19.3 Å². The lowest BCUT2D eigenvalue weighted by Crippen LogP contribution is -2.18. The molecule has 1 aromatic rings. The maximum atomic E-state index is 6.05. The van der Waals surface area contributed by atoms with Crippen LogP contribution in [0.3, 0.4) is 0 Å². The van der Waals surface area contributed by atoms with Gasteiger partial charge in [0.1, 0.15) is 4.58 Å². The highest BCUT2D eigenvalue weighted by molar-refractivity contribution is 8.17. The summed E-state index contributed by atoms with van der Waals surface area (Å²) in [4.78, 5) is 1.14. The topological polar surface area (TPSA) is 0 Å². The number of benzene rings is 1. The summed E-state index contributed by atoms with van der Waals surface area (Å²) >= 11 is 21.5. The zero-order chi connectivity index (χ0) is 13.4. The van der Waals surface area contributed by atoms with Crippen molar-refractivity contribution in [2.75, 3.05) is 5.75 Å². The second kappa shape index (κ2) is 8.86. The van der Waals surface area contributed by atoms with Gasteiger partial charge in [-0.15, -0.1) is 23.5 Å². The Hall–Kier alpha value is 0.790. The second-order valence-electron chi connectivity index (χ2n) is 3.88. The van der Waals surface area contributed by atoms with Crippen molar-refractivity contribution >= 4 is 58.3 Å². The first-order valence-electron chi connectivity index (χ1n) is 5.94. The normalized spacial score (nSPS) is 13.6. The highest BCUT2D eigenvalue weighted by Gasteiger charge is 2.33. The minimum absolute atomic E-state index is 0.0678. The molecule has 0 aliphatic carbocycles. The molecule has 0 N–H and O–H groups in total. The smallest absolute Gasteiger partial charge is 0.143 e. The number of alkyl halides is 3. The van der Waals surface area contributed by atoms with E-state index in [0.717, 1.165) is 10.6 Å². The van der Waals surface area contributed by atoms with E-state index >= 15 is 0 Å². The van der Waals surface area contributed by atoms with Gasteiger partial charge >= 0.3 is 0 Å². The van der Waals surface area contributed by atoms with Gasteiger partial charge in [-0.1, -0.05) is 72.8 Å². The van der Waals surface area contributed by atoms with E-state index < -0.39 is 3.79 Å². The van der Waals surface area contributed by atoms with Gasteiger partial charge in [-0.25, -0.2) is 0 Å². The van der Waals surface area contributed by atoms with Crippen molar-refractivity contribution in [2.24, 2.45) is 0 Å². The Morgan fingerprint density at radius 3 is 2.33 bits per heavy atom. The predicted molar refractivity (Wildman–Crippen MR) is 88.4 cm³/mol. The summed E-state index contributed by atoms with van der Waals surface area (Å²) in [5.74, 6) is 1.03. The van der Waals surface area contributed by atoms with E-state index in [0.29, 0.717) is 0 Å². The lowest BCUT2D eigenvalue weighted by molar-refractivity contribution is 0.778. The molecule has 102 valence electrons. The average Bonchev–Trinajstić information content (AvgIpc) is 2.33. The van der Waals surface area contributed by atoms with Crippen LogP contribution in [0, 0.1) is 0 Å². The molecule has 0 spiro atoms. The van der Waals surface area contributed by atoms with Crippen LogP contribution in [-0.4, -0.2) is 14.1 Å². The van der Waals surface area contributed by atoms with Gasteiger partial charge in [0, 0.05) is 4.90 Å². The molecule has 0 saturated carbocycles. The summed E-state index contributed by atoms with van der Waals surface area (Å²) in [5.41, 5.74) is 0. The minimum Gasteiger partial charge on any atom is -0.143 e. The summed E-state index contributed by atoms with van der Waals surface area (Å²) in [7, 11) is 0. The SMILES string of the molecule is CCCCCSC(Sc1ccccc1)C(Cl)(Cl)Cl. The Balaban J connectivity index is 2.51. The summed E-state index contributed by atoms with van der Waals surface area (Å²) in [6.45, 7) is 2.19. The second-order valence-corrected chi connectivity index (χ2v) is 8.94. The number of thioether (sulfide) groups is 2. The summed E-state index contributed by atoms with van der Waals surface area (Å²) in [6, 6.07) is 10.1. The van der Waals surface area contributed by atoms with Gasteiger partial charge in [0.25, 0.3) is 0 Å². The molecule has 0 amide bonds. The maximum Gasteiger partial charge on any atom is 0.211 e. The number of rotatable bonds is 7. The number of hydrogen-bond donors (Lipinski definition) is 0. The molecule has 0 fully saturated rings. The van der Waals surface area contributed by atoms with E-state index in [1.54, 1.807) is 23.5 Å². The number of unbranched alkanes of at least 4 members (excludes halogenated alkanes) is 2. The van der Waals surface area contributed by atoms with Crippen molar-refractivity contribution in [2.45, 2.75) is 39.5 Å². The molecule has 1 aromatic carbocycles. The third-order valence-corrected chi connectivity index (χ3v) is 6.69. The summed E-state index contributed by atoms with van der Waals surface area (Å²) in [6.07, 6.45) is 3.62. The molecule has 0 aliphatic heterocycles. The van der Waals surface area contributed by atoms with Gasteiger partial charge in [-0.3, -0.25) is 0 Å². The van der Waals surface area contributed by atoms with Crippen LogP contribution >= 0.6 is 58.3 Å². The summed E-state index contributed by atoms with van der Waals surface area (Å²) < 4.78 is -1.31. The standard InChI is InChI=1S/C13H17Cl3S2/c1-2-3-7-10-17-12(13(14,15)16)18-11-8-5-4-6-9-11/h4-6,8-9,12H,2-3,7,10H2,1H3. The molecule has 1 rings (SSSR count). The minimum atomic E-state index is -1.24. The highest BCUT2D eigenvalue weighted by atomic mass is 35.6. The van der Waals surface area contributed by atoms with Gasteiger partial charge in [0.05, 0.1) is 0 Å². The van der Waals surface area contributed by atoms with Crippen LogP contribution in [0.2, 0.25) is 0 Å². The monoisotopic (exact) mass is 342 g/mol. The molecule has 0 nitrogen and oxygen atoms in total. The third kappa shape index (κ3) is 6.81. The molecule has 0 heterocycles. The van der Waals surface area contributed by atoms with E-state index in [4.69, 9.17) is 34.8 Å². The van der Waals surface area contributed by atoms with Gasteiger partial charge in [-0.05, 0) is 24.3 Å². The first-order valence-corrected chi connectivity index (χ1v) is 9.00. The molecule has 1 atom stereocenters. The Labute approximate surface area is 133 Å². The van der Waals surface area contributed by atoms with Crippen LogP contribution in [0.25, 0.3) is 0 Å². The molecule has 0 radical (unpaired) electrons. The molecule has 1 unspecified atom stereocenters. The first kappa shape index (κ1) is 16.8. The van der Waals surface area contributed by atoms with E-state index in [1.807, 2.05) is 30.3 Å². The molecule has 0 aromatic heterocycles. The van der Waals surface area contributed by atoms with Gasteiger partial charge in [0.2, 0.25) is 3.79 Å². The van der Waals surface area contributed by atoms with Crippen molar-refractivity contribution in [3.05, 3.63) is 30.3 Å². The molecule has 0 saturated heterocycles. The van der Waals surface area contributed by atoms with E-state index in [9.17, 15) is 0 Å². The fraction of sp³-hybridized carbons (Fsp3) is 0.538. The van der Waals surface area contributed by atoms with Gasteiger partial charge in [0.15, 0.2) is 0 Å². The van der Waals surface area contributed by atoms with Crippen LogP contribution in [0.1, 0.15) is 26.2 Å². The Morgan fingerprint density at radius 2 is 1.78 bits per heavy atom. The van der Waals surface area contributed by atoms with Crippen LogP contribution < -0.4 is 0 Å². The largest absolute Gasteiger partial charge is 0.211 e. The Kier molecular flexibility index (Phi) is 8.29. The highest BCUT2D eigenvalue weighted by Crippen LogP contribution is 2.46. The Morgan fingerprint density at radius 1 is 1.11 bits per heavy atom. The quantitative estimate of drug-likeness (QED) is 0.243. The lowest BCUT2D eigenvalue weighted by atomic mass is 10.3. The molecule has 0 aliphatic rings.